The molecule has 1 heterocycles. The summed E-state index contributed by atoms with van der Waals surface area (Å²) in [6.07, 6.45) is 1.08. The number of carbonyl (C=O) groups is 2. The molecule has 3 rings (SSSR count). The Morgan fingerprint density at radius 3 is 2.83 bits per heavy atom. The lowest BCUT2D eigenvalue weighted by Crippen LogP contribution is -2.41. The van der Waals surface area contributed by atoms with Gasteiger partial charge in [-0.15, -0.1) is 0 Å². The number of rotatable bonds is 2. The average Bonchev–Trinajstić information content (AvgIpc) is 2.54. The first-order chi connectivity index (χ1) is 10.9. The van der Waals surface area contributed by atoms with E-state index in [1.807, 2.05) is 0 Å². The molecule has 1 aliphatic rings. The maximum Gasteiger partial charge on any atom is 0.266 e. The molecule has 0 saturated heterocycles. The number of carbonyl (C=O) groups excluding carboxylic acids is 2. The van der Waals surface area contributed by atoms with Crippen LogP contribution in [-0.2, 0) is 10.5 Å². The number of hydrogen-bond acceptors (Lipinski definition) is 3. The Balaban J connectivity index is 1.96. The van der Waals surface area contributed by atoms with Crippen LogP contribution < -0.4 is 5.32 Å². The molecule has 7 heteroatoms. The van der Waals surface area contributed by atoms with Crippen molar-refractivity contribution in [1.82, 2.24) is 4.98 Å². The predicted molar refractivity (Wildman–Crippen MR) is 85.7 cm³/mol. The molecule has 1 aromatic heterocycles. The van der Waals surface area contributed by atoms with E-state index < -0.39 is 11.6 Å². The molecule has 0 bridgehead atoms. The second-order valence-corrected chi connectivity index (χ2v) is 6.05. The molecular weight excluding hydrogens is 342 g/mol. The monoisotopic (exact) mass is 352 g/mol. The largest absolute Gasteiger partial charge is 0.322 e. The van der Waals surface area contributed by atoms with Gasteiger partial charge in [0, 0.05) is 29.6 Å². The Morgan fingerprint density at radius 2 is 2.09 bits per heavy atom. The van der Waals surface area contributed by atoms with Gasteiger partial charge < -0.3 is 5.32 Å². The Morgan fingerprint density at radius 1 is 1.30 bits per heavy atom. The fraction of sp³-hybridized carbons (Fsp3) is 0.188. The number of hydrogen-bond donors (Lipinski definition) is 1. The highest BCUT2D eigenvalue weighted by atomic mass is 35.5. The highest BCUT2D eigenvalue weighted by Crippen LogP contribution is 2.39. The predicted octanol–water partition coefficient (Wildman–Crippen LogP) is 4.17. The molecule has 1 aromatic carbocycles. The third-order valence-corrected chi connectivity index (χ3v) is 4.28. The number of fused-ring (bicyclic) bond motifs is 1. The second-order valence-electron chi connectivity index (χ2n) is 5.20. The molecule has 1 unspecified atom stereocenters. The molecule has 0 fully saturated rings. The van der Waals surface area contributed by atoms with Gasteiger partial charge in [-0.25, -0.2) is 4.39 Å². The van der Waals surface area contributed by atoms with Crippen LogP contribution in [0.25, 0.3) is 0 Å². The molecule has 23 heavy (non-hydrogen) atoms. The van der Waals surface area contributed by atoms with E-state index >= 15 is 4.39 Å². The topological polar surface area (TPSA) is 59.1 Å². The molecule has 1 N–H and O–H groups in total. The van der Waals surface area contributed by atoms with Gasteiger partial charge in [-0.2, -0.15) is 0 Å². The van der Waals surface area contributed by atoms with Crippen molar-refractivity contribution in [2.24, 2.45) is 0 Å². The van der Waals surface area contributed by atoms with Crippen LogP contribution in [-0.4, -0.2) is 16.7 Å². The van der Waals surface area contributed by atoms with Crippen molar-refractivity contribution >= 4 is 40.6 Å². The van der Waals surface area contributed by atoms with E-state index in [9.17, 15) is 9.59 Å². The summed E-state index contributed by atoms with van der Waals surface area (Å²) in [5.74, 6) is -1.16. The zero-order valence-corrected chi connectivity index (χ0v) is 13.3. The van der Waals surface area contributed by atoms with Gasteiger partial charge in [0.15, 0.2) is 5.78 Å². The average molecular weight is 353 g/mol. The minimum atomic E-state index is -2.33. The zero-order chi connectivity index (χ0) is 16.6. The van der Waals surface area contributed by atoms with E-state index in [2.05, 4.69) is 10.3 Å². The van der Waals surface area contributed by atoms with Gasteiger partial charge in [0.05, 0.1) is 10.7 Å². The summed E-state index contributed by atoms with van der Waals surface area (Å²) in [7, 11) is 0. The van der Waals surface area contributed by atoms with Crippen LogP contribution in [0.5, 0.6) is 0 Å². The fourth-order valence-corrected chi connectivity index (χ4v) is 2.99. The van der Waals surface area contributed by atoms with E-state index in [0.717, 1.165) is 0 Å². The van der Waals surface area contributed by atoms with Crippen molar-refractivity contribution in [2.75, 3.05) is 5.32 Å². The third-order valence-electron chi connectivity index (χ3n) is 3.73. The number of nitrogens with one attached hydrogen (secondary N) is 1. The number of halogens is 3. The van der Waals surface area contributed by atoms with Gasteiger partial charge in [0.2, 0.25) is 5.67 Å². The smallest absolute Gasteiger partial charge is 0.266 e. The number of nitrogens with zero attached hydrogens (tertiary/aromatic N) is 1. The Bertz CT molecular complexity index is 812. The lowest BCUT2D eigenvalue weighted by molar-refractivity contribution is -0.128. The first kappa shape index (κ1) is 15.9. The first-order valence-corrected chi connectivity index (χ1v) is 7.61. The highest BCUT2D eigenvalue weighted by molar-refractivity contribution is 6.36. The summed E-state index contributed by atoms with van der Waals surface area (Å²) < 4.78 is 15.4. The van der Waals surface area contributed by atoms with E-state index in [-0.39, 0.29) is 40.6 Å². The number of benzene rings is 1. The van der Waals surface area contributed by atoms with Gasteiger partial charge in [-0.05, 0) is 24.3 Å². The number of alkyl halides is 1. The minimum absolute atomic E-state index is 0.00129. The fourth-order valence-electron chi connectivity index (χ4n) is 2.53. The lowest BCUT2D eigenvalue weighted by Gasteiger charge is -2.29. The molecule has 0 saturated carbocycles. The number of anilines is 1. The Labute approximate surface area is 141 Å². The molecule has 1 amide bonds. The van der Waals surface area contributed by atoms with Gasteiger partial charge in [-0.1, -0.05) is 29.3 Å². The van der Waals surface area contributed by atoms with Crippen molar-refractivity contribution < 1.29 is 14.0 Å². The summed E-state index contributed by atoms with van der Waals surface area (Å²) in [5, 5.41) is 3.06. The standard InChI is InChI=1S/C16H11Cl2FN2O2/c17-9-3-4-12(11(18)8-9)21-15(23)16(19)6-5-13(22)14-10(16)2-1-7-20-14/h1-4,7-8H,5-6H2,(H,21,23). The van der Waals surface area contributed by atoms with Gasteiger partial charge in [-0.3, -0.25) is 14.6 Å². The van der Waals surface area contributed by atoms with Gasteiger partial charge in [0.1, 0.15) is 5.69 Å². The van der Waals surface area contributed by atoms with Crippen LogP contribution in [0.2, 0.25) is 10.0 Å². The van der Waals surface area contributed by atoms with Gasteiger partial charge >= 0.3 is 0 Å². The summed E-state index contributed by atoms with van der Waals surface area (Å²) in [6, 6.07) is 7.37. The Kier molecular flexibility index (Phi) is 4.08. The van der Waals surface area contributed by atoms with E-state index in [0.29, 0.717) is 5.02 Å². The number of pyridine rings is 1. The van der Waals surface area contributed by atoms with Crippen molar-refractivity contribution in [1.29, 1.82) is 0 Å². The van der Waals surface area contributed by atoms with Crippen LogP contribution in [0.15, 0.2) is 36.5 Å². The van der Waals surface area contributed by atoms with E-state index in [1.54, 1.807) is 0 Å². The number of Topliss-reactive ketones (excluding diaryl/α,β-unsaturated/α-hetero) is 1. The minimum Gasteiger partial charge on any atom is -0.322 e. The van der Waals surface area contributed by atoms with Crippen LogP contribution in [0.3, 0.4) is 0 Å². The maximum absolute atomic E-state index is 15.4. The van der Waals surface area contributed by atoms with Crippen LogP contribution in [0.1, 0.15) is 28.9 Å². The molecule has 0 aliphatic heterocycles. The SMILES string of the molecule is O=C1CCC(F)(C(=O)Nc2ccc(Cl)cc2Cl)c2cccnc21. The highest BCUT2D eigenvalue weighted by Gasteiger charge is 2.47. The second kappa shape index (κ2) is 5.91. The Hall–Kier alpha value is -1.98. The van der Waals surface area contributed by atoms with Crippen LogP contribution >= 0.6 is 23.2 Å². The lowest BCUT2D eigenvalue weighted by atomic mass is 9.81. The molecule has 1 atom stereocenters. The third kappa shape index (κ3) is 2.82. The van der Waals surface area contributed by atoms with Crippen molar-refractivity contribution in [3.05, 3.63) is 57.8 Å². The van der Waals surface area contributed by atoms with E-state index in [1.165, 1.54) is 36.5 Å². The number of amides is 1. The van der Waals surface area contributed by atoms with Crippen LogP contribution in [0, 0.1) is 0 Å². The summed E-state index contributed by atoms with van der Waals surface area (Å²) in [6.45, 7) is 0. The number of aromatic nitrogens is 1. The number of ketones is 1. The molecule has 118 valence electrons. The first-order valence-electron chi connectivity index (χ1n) is 6.86. The maximum atomic E-state index is 15.4. The molecule has 1 aliphatic carbocycles. The molecule has 4 nitrogen and oxygen atoms in total. The molecule has 2 aromatic rings. The zero-order valence-electron chi connectivity index (χ0n) is 11.8. The van der Waals surface area contributed by atoms with Crippen molar-refractivity contribution in [3.63, 3.8) is 0 Å². The summed E-state index contributed by atoms with van der Waals surface area (Å²) in [4.78, 5) is 28.2. The van der Waals surface area contributed by atoms with Crippen molar-refractivity contribution in [3.8, 4) is 0 Å². The molecule has 0 spiro atoms. The summed E-state index contributed by atoms with van der Waals surface area (Å²) >= 11 is 11.8. The van der Waals surface area contributed by atoms with Gasteiger partial charge in [0.25, 0.3) is 5.91 Å². The summed E-state index contributed by atoms with van der Waals surface area (Å²) in [5.41, 5.74) is -2.10. The quantitative estimate of drug-likeness (QED) is 0.882. The van der Waals surface area contributed by atoms with E-state index in [4.69, 9.17) is 23.2 Å². The molecular formula is C16H11Cl2FN2O2. The van der Waals surface area contributed by atoms with Crippen molar-refractivity contribution in [2.45, 2.75) is 18.5 Å². The normalized spacial score (nSPS) is 20.0. The molecule has 0 radical (unpaired) electrons. The van der Waals surface area contributed by atoms with Crippen LogP contribution in [0.4, 0.5) is 10.1 Å².